The molecule has 1 aliphatic heterocycles. The largest absolute Gasteiger partial charge is 0.325 e. The summed E-state index contributed by atoms with van der Waals surface area (Å²) in [7, 11) is 0. The van der Waals surface area contributed by atoms with Crippen LogP contribution >= 0.6 is 0 Å². The topological polar surface area (TPSA) is 61.0 Å². The molecule has 1 amide bonds. The van der Waals surface area contributed by atoms with Gasteiger partial charge in [0, 0.05) is 29.1 Å². The lowest BCUT2D eigenvalue weighted by Gasteiger charge is -2.19. The second kappa shape index (κ2) is 8.92. The Morgan fingerprint density at radius 2 is 1.81 bits per heavy atom. The van der Waals surface area contributed by atoms with E-state index in [1.807, 2.05) is 55.1 Å². The molecule has 2 atom stereocenters. The first-order valence-corrected chi connectivity index (χ1v) is 12.7. The van der Waals surface area contributed by atoms with Gasteiger partial charge in [0.25, 0.3) is 0 Å². The van der Waals surface area contributed by atoms with Crippen molar-refractivity contribution in [1.82, 2.24) is 15.1 Å². The maximum atomic E-state index is 14.7. The molecule has 6 rings (SSSR count). The summed E-state index contributed by atoms with van der Waals surface area (Å²) in [5.74, 6) is -0.906. The quantitative estimate of drug-likeness (QED) is 0.318. The highest BCUT2D eigenvalue weighted by Gasteiger charge is 2.65. The summed E-state index contributed by atoms with van der Waals surface area (Å²) in [6, 6.07) is 16.7. The Kier molecular flexibility index (Phi) is 5.68. The number of hydrogen-bond acceptors (Lipinski definition) is 3. The number of fused-ring (bicyclic) bond motifs is 3. The number of aromatic nitrogens is 2. The van der Waals surface area contributed by atoms with E-state index in [1.165, 1.54) is 12.1 Å². The normalized spacial score (nSPS) is 20.4. The molecule has 0 saturated heterocycles. The van der Waals surface area contributed by atoms with Crippen molar-refractivity contribution in [2.24, 2.45) is 0 Å². The smallest absolute Gasteiger partial charge is 0.235 e. The number of amides is 1. The van der Waals surface area contributed by atoms with E-state index in [-0.39, 0.29) is 23.9 Å². The number of aromatic amines is 1. The van der Waals surface area contributed by atoms with E-state index in [9.17, 15) is 13.6 Å². The molecule has 1 aliphatic carbocycles. The molecule has 37 heavy (non-hydrogen) atoms. The van der Waals surface area contributed by atoms with Gasteiger partial charge < -0.3 is 5.32 Å². The number of nitrogens with one attached hydrogen (secondary N) is 2. The van der Waals surface area contributed by atoms with Crippen molar-refractivity contribution in [2.45, 2.75) is 38.1 Å². The van der Waals surface area contributed by atoms with E-state index in [1.54, 1.807) is 12.2 Å². The van der Waals surface area contributed by atoms with Crippen LogP contribution in [0.15, 0.2) is 54.6 Å². The lowest BCUT2D eigenvalue weighted by Crippen LogP contribution is -2.23. The summed E-state index contributed by atoms with van der Waals surface area (Å²) in [6.45, 7) is 5.65. The van der Waals surface area contributed by atoms with Crippen LogP contribution in [0.3, 0.4) is 0 Å². The highest BCUT2D eigenvalue weighted by atomic mass is 19.1. The Bertz CT molecular complexity index is 1530. The van der Waals surface area contributed by atoms with E-state index in [2.05, 4.69) is 21.6 Å². The molecule has 0 bridgehead atoms. The molecule has 2 heterocycles. The molecule has 4 aromatic rings. The molecule has 2 N–H and O–H groups in total. The Labute approximate surface area is 214 Å². The molecule has 0 unspecified atom stereocenters. The number of halogens is 2. The second-order valence-corrected chi connectivity index (χ2v) is 9.90. The fraction of sp³-hybridized carbons (Fsp3) is 0.267. The van der Waals surface area contributed by atoms with Gasteiger partial charge >= 0.3 is 0 Å². The van der Waals surface area contributed by atoms with Gasteiger partial charge in [0.15, 0.2) is 0 Å². The standard InChI is InChI=1S/C30H28F2N4O/c1-3-36(4-2)17-21-24(31)13-18(14-25(21)32)9-12-26-20-11-10-19(15-28(20)35-34-26)23-16-30(23)22-7-5-6-8-27(22)33-29(30)37/h5-15,23H,3-4,16-17H2,1-2H3,(H,33,37)(H,34,35)/t23-,30-/m0/s1. The van der Waals surface area contributed by atoms with Crippen molar-refractivity contribution in [3.63, 3.8) is 0 Å². The molecule has 1 fully saturated rings. The Morgan fingerprint density at radius 3 is 2.57 bits per heavy atom. The minimum atomic E-state index is -0.543. The molecule has 188 valence electrons. The van der Waals surface area contributed by atoms with E-state index >= 15 is 0 Å². The zero-order valence-electron chi connectivity index (χ0n) is 20.8. The predicted molar refractivity (Wildman–Crippen MR) is 142 cm³/mol. The molecule has 3 aromatic carbocycles. The van der Waals surface area contributed by atoms with Crippen LogP contribution in [0.5, 0.6) is 0 Å². The van der Waals surface area contributed by atoms with Crippen LogP contribution in [0, 0.1) is 11.6 Å². The van der Waals surface area contributed by atoms with Crippen molar-refractivity contribution in [2.75, 3.05) is 18.4 Å². The van der Waals surface area contributed by atoms with Crippen LogP contribution in [0.2, 0.25) is 0 Å². The van der Waals surface area contributed by atoms with Crippen LogP contribution in [0.4, 0.5) is 14.5 Å². The average molecular weight is 499 g/mol. The number of benzene rings is 3. The first kappa shape index (κ1) is 23.6. The highest BCUT2D eigenvalue weighted by Crippen LogP contribution is 2.64. The van der Waals surface area contributed by atoms with Gasteiger partial charge in [-0.1, -0.05) is 50.3 Å². The molecular formula is C30H28F2N4O. The van der Waals surface area contributed by atoms with Crippen LogP contribution in [0.25, 0.3) is 23.1 Å². The molecule has 1 spiro atoms. The number of anilines is 1. The Hall–Kier alpha value is -3.84. The summed E-state index contributed by atoms with van der Waals surface area (Å²) < 4.78 is 29.4. The van der Waals surface area contributed by atoms with Crippen molar-refractivity contribution in [3.8, 4) is 0 Å². The summed E-state index contributed by atoms with van der Waals surface area (Å²) in [5.41, 5.74) is 4.65. The van der Waals surface area contributed by atoms with E-state index in [4.69, 9.17) is 0 Å². The monoisotopic (exact) mass is 498 g/mol. The number of H-pyrrole nitrogens is 1. The van der Waals surface area contributed by atoms with E-state index < -0.39 is 17.0 Å². The van der Waals surface area contributed by atoms with Crippen LogP contribution in [0.1, 0.15) is 54.1 Å². The SMILES string of the molecule is CCN(CC)Cc1c(F)cc(C=Cc2n[nH]c3cc([C@@H]4C[C@@]45C(=O)Nc4ccccc45)ccc23)cc1F. The van der Waals surface area contributed by atoms with Gasteiger partial charge in [0.2, 0.25) is 5.91 Å². The average Bonchev–Trinajstić information content (AvgIpc) is 3.43. The van der Waals surface area contributed by atoms with Gasteiger partial charge in [-0.2, -0.15) is 5.10 Å². The van der Waals surface area contributed by atoms with Gasteiger partial charge in [-0.05, 0) is 66.5 Å². The molecule has 5 nitrogen and oxygen atoms in total. The molecular weight excluding hydrogens is 470 g/mol. The lowest BCUT2D eigenvalue weighted by molar-refractivity contribution is -0.118. The Balaban J connectivity index is 1.24. The second-order valence-electron chi connectivity index (χ2n) is 9.90. The maximum Gasteiger partial charge on any atom is 0.235 e. The van der Waals surface area contributed by atoms with Crippen LogP contribution in [-0.2, 0) is 16.8 Å². The van der Waals surface area contributed by atoms with Gasteiger partial charge in [-0.15, -0.1) is 0 Å². The van der Waals surface area contributed by atoms with Crippen molar-refractivity contribution < 1.29 is 13.6 Å². The third-order valence-electron chi connectivity index (χ3n) is 7.91. The fourth-order valence-electron chi connectivity index (χ4n) is 5.67. The number of carbonyl (C=O) groups is 1. The molecule has 2 aliphatic rings. The van der Waals surface area contributed by atoms with Crippen molar-refractivity contribution in [1.29, 1.82) is 0 Å². The number of para-hydroxylation sites is 1. The lowest BCUT2D eigenvalue weighted by atomic mass is 9.92. The minimum Gasteiger partial charge on any atom is -0.325 e. The fourth-order valence-corrected chi connectivity index (χ4v) is 5.67. The molecule has 1 aromatic heterocycles. The van der Waals surface area contributed by atoms with Gasteiger partial charge in [-0.25, -0.2) is 8.78 Å². The molecule has 1 saturated carbocycles. The number of carbonyl (C=O) groups excluding carboxylic acids is 1. The van der Waals surface area contributed by atoms with Crippen molar-refractivity contribution in [3.05, 3.63) is 94.2 Å². The van der Waals surface area contributed by atoms with E-state index in [0.29, 0.717) is 11.3 Å². The van der Waals surface area contributed by atoms with Crippen LogP contribution in [-0.4, -0.2) is 34.1 Å². The third-order valence-corrected chi connectivity index (χ3v) is 7.91. The van der Waals surface area contributed by atoms with Gasteiger partial charge in [0.05, 0.1) is 16.6 Å². The zero-order valence-corrected chi connectivity index (χ0v) is 20.8. The first-order chi connectivity index (χ1) is 17.9. The summed E-state index contributed by atoms with van der Waals surface area (Å²) >= 11 is 0. The minimum absolute atomic E-state index is 0.0645. The first-order valence-electron chi connectivity index (χ1n) is 12.7. The third kappa shape index (κ3) is 3.85. The Morgan fingerprint density at radius 1 is 1.05 bits per heavy atom. The van der Waals surface area contributed by atoms with Crippen LogP contribution < -0.4 is 5.32 Å². The summed E-state index contributed by atoms with van der Waals surface area (Å²) in [5, 5.41) is 11.4. The van der Waals surface area contributed by atoms with Gasteiger partial charge in [-0.3, -0.25) is 14.8 Å². The number of hydrogen-bond donors (Lipinski definition) is 2. The molecule has 7 heteroatoms. The number of nitrogens with zero attached hydrogens (tertiary/aromatic N) is 2. The highest BCUT2D eigenvalue weighted by molar-refractivity contribution is 6.09. The number of rotatable bonds is 7. The summed E-state index contributed by atoms with van der Waals surface area (Å²) in [6.07, 6.45) is 4.21. The zero-order chi connectivity index (χ0) is 25.7. The van der Waals surface area contributed by atoms with Crippen molar-refractivity contribution >= 4 is 34.6 Å². The van der Waals surface area contributed by atoms with Gasteiger partial charge in [0.1, 0.15) is 11.6 Å². The predicted octanol–water partition coefficient (Wildman–Crippen LogP) is 6.23. The van der Waals surface area contributed by atoms with E-state index in [0.717, 1.165) is 47.2 Å². The maximum absolute atomic E-state index is 14.7. The summed E-state index contributed by atoms with van der Waals surface area (Å²) in [4.78, 5) is 14.8. The molecule has 0 radical (unpaired) electrons.